The Hall–Kier alpha value is -1.17. The fourth-order valence-electron chi connectivity index (χ4n) is 1.56. The van der Waals surface area contributed by atoms with Crippen molar-refractivity contribution in [3.8, 4) is 0 Å². The maximum atomic E-state index is 12.1. The molecule has 1 aromatic rings. The minimum Gasteiger partial charge on any atom is -0.360 e. The molecule has 1 N–H and O–H groups in total. The number of carbonyl (C=O) groups is 1. The maximum absolute atomic E-state index is 12.1. The average molecular weight is 270 g/mol. The zero-order valence-corrected chi connectivity index (χ0v) is 12.6. The number of amides is 1. The predicted molar refractivity (Wildman–Crippen MR) is 75.1 cm³/mol. The van der Waals surface area contributed by atoms with Crippen LogP contribution in [0.1, 0.15) is 43.9 Å². The third-order valence-corrected chi connectivity index (χ3v) is 3.06. The summed E-state index contributed by atoms with van der Waals surface area (Å²) in [5.41, 5.74) is 0.0817. The Kier molecular flexibility index (Phi) is 5.07. The highest BCUT2D eigenvalue weighted by Crippen LogP contribution is 2.19. The Labute approximate surface area is 113 Å². The van der Waals surface area contributed by atoms with Gasteiger partial charge in [-0.1, -0.05) is 39.0 Å². The molecule has 0 saturated carbocycles. The maximum Gasteiger partial charge on any atom is 0.284 e. The van der Waals surface area contributed by atoms with E-state index in [1.165, 1.54) is 11.3 Å². The molecule has 0 aliphatic carbocycles. The van der Waals surface area contributed by atoms with E-state index < -0.39 is 0 Å². The standard InChI is InChI=1S/C12H22N4OS/c1-6-7-13-11-15-14-9(18-11)10(17)16(5)8-12(2,3)4/h6-8H2,1-5H3,(H,13,15). The van der Waals surface area contributed by atoms with Gasteiger partial charge >= 0.3 is 0 Å². The number of carbonyl (C=O) groups excluding carboxylic acids is 1. The van der Waals surface area contributed by atoms with Gasteiger partial charge < -0.3 is 10.2 Å². The summed E-state index contributed by atoms with van der Waals surface area (Å²) in [5, 5.41) is 12.2. The zero-order chi connectivity index (χ0) is 13.8. The summed E-state index contributed by atoms with van der Waals surface area (Å²) in [7, 11) is 1.80. The van der Waals surface area contributed by atoms with Crippen molar-refractivity contribution in [1.29, 1.82) is 0 Å². The Morgan fingerprint density at radius 2 is 2.06 bits per heavy atom. The number of nitrogens with one attached hydrogen (secondary N) is 1. The molecule has 1 aromatic heterocycles. The Morgan fingerprint density at radius 3 is 2.61 bits per heavy atom. The van der Waals surface area contributed by atoms with E-state index in [1.54, 1.807) is 11.9 Å². The summed E-state index contributed by atoms with van der Waals surface area (Å²) >= 11 is 1.31. The van der Waals surface area contributed by atoms with Crippen molar-refractivity contribution in [2.24, 2.45) is 5.41 Å². The average Bonchev–Trinajstić information content (AvgIpc) is 2.71. The summed E-state index contributed by atoms with van der Waals surface area (Å²) in [6.07, 6.45) is 1.02. The second-order valence-corrected chi connectivity index (χ2v) is 6.54. The highest BCUT2D eigenvalue weighted by Gasteiger charge is 2.21. The highest BCUT2D eigenvalue weighted by molar-refractivity contribution is 7.17. The first-order chi connectivity index (χ1) is 8.33. The molecular formula is C12H22N4OS. The van der Waals surface area contributed by atoms with Gasteiger partial charge in [-0.05, 0) is 11.8 Å². The molecule has 1 rings (SSSR count). The normalized spacial score (nSPS) is 11.4. The number of rotatable bonds is 5. The second kappa shape index (κ2) is 6.13. The smallest absolute Gasteiger partial charge is 0.284 e. The van der Waals surface area contributed by atoms with E-state index in [-0.39, 0.29) is 11.3 Å². The molecule has 6 heteroatoms. The number of nitrogens with zero attached hydrogens (tertiary/aromatic N) is 3. The van der Waals surface area contributed by atoms with Gasteiger partial charge in [0.25, 0.3) is 5.91 Å². The van der Waals surface area contributed by atoms with Gasteiger partial charge in [-0.2, -0.15) is 0 Å². The lowest BCUT2D eigenvalue weighted by atomic mass is 9.96. The zero-order valence-electron chi connectivity index (χ0n) is 11.8. The van der Waals surface area contributed by atoms with Crippen molar-refractivity contribution in [2.75, 3.05) is 25.5 Å². The summed E-state index contributed by atoms with van der Waals surface area (Å²) < 4.78 is 0. The first-order valence-corrected chi connectivity index (χ1v) is 6.98. The summed E-state index contributed by atoms with van der Waals surface area (Å²) in [6, 6.07) is 0. The molecule has 0 atom stereocenters. The van der Waals surface area contributed by atoms with Crippen molar-refractivity contribution >= 4 is 22.4 Å². The molecule has 1 heterocycles. The molecule has 0 radical (unpaired) electrons. The molecular weight excluding hydrogens is 248 g/mol. The van der Waals surface area contributed by atoms with Crippen LogP contribution in [0.25, 0.3) is 0 Å². The molecule has 1 amide bonds. The Morgan fingerprint density at radius 1 is 1.39 bits per heavy atom. The van der Waals surface area contributed by atoms with Crippen LogP contribution >= 0.6 is 11.3 Å². The molecule has 102 valence electrons. The van der Waals surface area contributed by atoms with Crippen LogP contribution in [0.2, 0.25) is 0 Å². The van der Waals surface area contributed by atoms with E-state index in [0.717, 1.165) is 13.0 Å². The number of hydrogen-bond acceptors (Lipinski definition) is 5. The van der Waals surface area contributed by atoms with Gasteiger partial charge in [0.1, 0.15) is 0 Å². The molecule has 0 aromatic carbocycles. The van der Waals surface area contributed by atoms with E-state index in [9.17, 15) is 4.79 Å². The van der Waals surface area contributed by atoms with Gasteiger partial charge in [-0.15, -0.1) is 10.2 Å². The van der Waals surface area contributed by atoms with Crippen LogP contribution in [0, 0.1) is 5.41 Å². The molecule has 0 bridgehead atoms. The fourth-order valence-corrected chi connectivity index (χ4v) is 2.32. The minimum absolute atomic E-state index is 0.0630. The van der Waals surface area contributed by atoms with Gasteiger partial charge in [0.15, 0.2) is 0 Å². The second-order valence-electron chi connectivity index (χ2n) is 5.56. The van der Waals surface area contributed by atoms with Crippen LogP contribution in [-0.2, 0) is 0 Å². The molecule has 0 spiro atoms. The van der Waals surface area contributed by atoms with Crippen LogP contribution in [0.15, 0.2) is 0 Å². The fraction of sp³-hybridized carbons (Fsp3) is 0.750. The van der Waals surface area contributed by atoms with Crippen molar-refractivity contribution in [3.05, 3.63) is 5.01 Å². The van der Waals surface area contributed by atoms with E-state index >= 15 is 0 Å². The van der Waals surface area contributed by atoms with E-state index in [0.29, 0.717) is 16.7 Å². The van der Waals surface area contributed by atoms with Crippen LogP contribution in [0.4, 0.5) is 5.13 Å². The van der Waals surface area contributed by atoms with Crippen LogP contribution < -0.4 is 5.32 Å². The lowest BCUT2D eigenvalue weighted by Gasteiger charge is -2.25. The van der Waals surface area contributed by atoms with Gasteiger partial charge in [0.05, 0.1) is 0 Å². The Balaban J connectivity index is 2.63. The van der Waals surface area contributed by atoms with E-state index in [2.05, 4.69) is 43.2 Å². The van der Waals surface area contributed by atoms with Gasteiger partial charge in [0, 0.05) is 20.1 Å². The molecule has 18 heavy (non-hydrogen) atoms. The minimum atomic E-state index is -0.0630. The number of aromatic nitrogens is 2. The lowest BCUT2D eigenvalue weighted by molar-refractivity contribution is 0.0744. The van der Waals surface area contributed by atoms with Crippen LogP contribution in [0.5, 0.6) is 0 Å². The predicted octanol–water partition coefficient (Wildman–Crippen LogP) is 2.48. The van der Waals surface area contributed by atoms with Crippen LogP contribution in [-0.4, -0.2) is 41.1 Å². The number of anilines is 1. The molecule has 0 aliphatic heterocycles. The molecule has 0 fully saturated rings. The SMILES string of the molecule is CCCNc1nnc(C(=O)N(C)CC(C)(C)C)s1. The van der Waals surface area contributed by atoms with Crippen molar-refractivity contribution in [3.63, 3.8) is 0 Å². The largest absolute Gasteiger partial charge is 0.360 e. The van der Waals surface area contributed by atoms with Crippen molar-refractivity contribution in [2.45, 2.75) is 34.1 Å². The Bertz CT molecular complexity index is 397. The molecule has 0 saturated heterocycles. The van der Waals surface area contributed by atoms with Crippen molar-refractivity contribution < 1.29 is 4.79 Å². The molecule has 5 nitrogen and oxygen atoms in total. The topological polar surface area (TPSA) is 58.1 Å². The summed E-state index contributed by atoms with van der Waals surface area (Å²) in [6.45, 7) is 9.93. The molecule has 0 unspecified atom stereocenters. The highest BCUT2D eigenvalue weighted by atomic mass is 32.1. The van der Waals surface area contributed by atoms with Gasteiger partial charge in [-0.3, -0.25) is 4.79 Å². The number of hydrogen-bond donors (Lipinski definition) is 1. The third kappa shape index (κ3) is 4.60. The summed E-state index contributed by atoms with van der Waals surface area (Å²) in [5.74, 6) is -0.0630. The monoisotopic (exact) mass is 270 g/mol. The van der Waals surface area contributed by atoms with Crippen molar-refractivity contribution in [1.82, 2.24) is 15.1 Å². The van der Waals surface area contributed by atoms with Crippen LogP contribution in [0.3, 0.4) is 0 Å². The quantitative estimate of drug-likeness (QED) is 0.893. The molecule has 0 aliphatic rings. The first-order valence-electron chi connectivity index (χ1n) is 6.16. The van der Waals surface area contributed by atoms with E-state index in [1.807, 2.05) is 0 Å². The third-order valence-electron chi connectivity index (χ3n) is 2.19. The lowest BCUT2D eigenvalue weighted by Crippen LogP contribution is -2.34. The van der Waals surface area contributed by atoms with Gasteiger partial charge in [0.2, 0.25) is 10.1 Å². The first kappa shape index (κ1) is 14.9. The van der Waals surface area contributed by atoms with E-state index in [4.69, 9.17) is 0 Å². The summed E-state index contributed by atoms with van der Waals surface area (Å²) in [4.78, 5) is 13.8. The van der Waals surface area contributed by atoms with Gasteiger partial charge in [-0.25, -0.2) is 0 Å².